The molecule has 8 rings (SSSR count). The van der Waals surface area contributed by atoms with Gasteiger partial charge in [0.2, 0.25) is 0 Å². The SMILES string of the molecule is CC(C)(C)c1cc(-c2ccc(-c3nc(-c4ccccc4)nc(-c4ccc(-c5ccccc5)cc4)n3)cc2)c2oc3c(C(C)(C)C)cc(C(C)(C)C)cc3c2c1. The summed E-state index contributed by atoms with van der Waals surface area (Å²) in [6, 6.07) is 46.9. The van der Waals surface area contributed by atoms with Crippen LogP contribution in [0.3, 0.4) is 0 Å². The Morgan fingerprint density at radius 1 is 0.364 bits per heavy atom. The monoisotopic (exact) mass is 719 g/mol. The molecule has 4 heteroatoms. The highest BCUT2D eigenvalue weighted by Gasteiger charge is 2.27. The standard InChI is InChI=1S/C51H49N3O/c1-49(2,3)38-28-40(44-41(29-38)42-30-39(50(4,5)6)31-43(45(42)55-44)51(7,8)9)34-22-26-37(27-23-34)48-53-46(35-18-14-11-15-19-35)52-47(54-48)36-24-20-33(21-25-36)32-16-12-10-13-17-32/h10-31H,1-9H3. The predicted molar refractivity (Wildman–Crippen MR) is 230 cm³/mol. The van der Waals surface area contributed by atoms with E-state index in [4.69, 9.17) is 19.4 Å². The smallest absolute Gasteiger partial charge is 0.164 e. The van der Waals surface area contributed by atoms with Gasteiger partial charge in [0.25, 0.3) is 0 Å². The highest BCUT2D eigenvalue weighted by Crippen LogP contribution is 2.44. The number of hydrogen-bond donors (Lipinski definition) is 0. The summed E-state index contributed by atoms with van der Waals surface area (Å²) in [5.41, 5.74) is 12.9. The van der Waals surface area contributed by atoms with E-state index in [-0.39, 0.29) is 16.2 Å². The van der Waals surface area contributed by atoms with E-state index in [2.05, 4.69) is 159 Å². The number of hydrogen-bond acceptors (Lipinski definition) is 4. The number of rotatable bonds is 5. The molecule has 55 heavy (non-hydrogen) atoms. The summed E-state index contributed by atoms with van der Waals surface area (Å²) in [6.07, 6.45) is 0. The lowest BCUT2D eigenvalue weighted by molar-refractivity contribution is 0.559. The Morgan fingerprint density at radius 2 is 0.745 bits per heavy atom. The van der Waals surface area contributed by atoms with Crippen LogP contribution in [0.15, 0.2) is 138 Å². The zero-order valence-corrected chi connectivity index (χ0v) is 33.5. The van der Waals surface area contributed by atoms with Crippen LogP contribution in [0, 0.1) is 0 Å². The van der Waals surface area contributed by atoms with E-state index in [0.717, 1.165) is 49.9 Å². The van der Waals surface area contributed by atoms with Gasteiger partial charge in [-0.2, -0.15) is 0 Å². The Kier molecular flexibility index (Phi) is 8.84. The van der Waals surface area contributed by atoms with Gasteiger partial charge in [0.05, 0.1) is 0 Å². The molecule has 0 fully saturated rings. The van der Waals surface area contributed by atoms with Crippen molar-refractivity contribution < 1.29 is 4.42 Å². The third-order valence-corrected chi connectivity index (χ3v) is 10.6. The molecule has 0 saturated heterocycles. The first-order valence-corrected chi connectivity index (χ1v) is 19.3. The topological polar surface area (TPSA) is 51.8 Å². The molecule has 6 aromatic carbocycles. The molecule has 0 aliphatic carbocycles. The van der Waals surface area contributed by atoms with E-state index in [0.29, 0.717) is 17.5 Å². The van der Waals surface area contributed by atoms with Crippen LogP contribution in [0.1, 0.15) is 79.0 Å². The van der Waals surface area contributed by atoms with Gasteiger partial charge < -0.3 is 4.42 Å². The van der Waals surface area contributed by atoms with E-state index in [9.17, 15) is 0 Å². The summed E-state index contributed by atoms with van der Waals surface area (Å²) in [6.45, 7) is 20.5. The third kappa shape index (κ3) is 7.10. The van der Waals surface area contributed by atoms with Crippen molar-refractivity contribution in [2.24, 2.45) is 0 Å². The number of fused-ring (bicyclic) bond motifs is 3. The fraction of sp³-hybridized carbons (Fsp3) is 0.235. The molecule has 0 aliphatic heterocycles. The molecule has 2 aromatic heterocycles. The summed E-state index contributed by atoms with van der Waals surface area (Å²) >= 11 is 0. The Morgan fingerprint density at radius 3 is 1.22 bits per heavy atom. The molecule has 274 valence electrons. The van der Waals surface area contributed by atoms with Crippen LogP contribution in [-0.4, -0.2) is 15.0 Å². The van der Waals surface area contributed by atoms with Crippen LogP contribution in [0.5, 0.6) is 0 Å². The van der Waals surface area contributed by atoms with Crippen molar-refractivity contribution in [1.82, 2.24) is 15.0 Å². The number of benzene rings is 6. The lowest BCUT2D eigenvalue weighted by Crippen LogP contribution is -2.16. The molecule has 0 saturated carbocycles. The van der Waals surface area contributed by atoms with Gasteiger partial charge in [0, 0.05) is 38.6 Å². The molecule has 8 aromatic rings. The minimum atomic E-state index is -0.0893. The van der Waals surface area contributed by atoms with Gasteiger partial charge in [-0.25, -0.2) is 15.0 Å². The van der Waals surface area contributed by atoms with Gasteiger partial charge >= 0.3 is 0 Å². The molecule has 0 radical (unpaired) electrons. The Bertz CT molecular complexity index is 2650. The minimum Gasteiger partial charge on any atom is -0.455 e. The maximum Gasteiger partial charge on any atom is 0.164 e. The maximum atomic E-state index is 6.98. The van der Waals surface area contributed by atoms with E-state index < -0.39 is 0 Å². The van der Waals surface area contributed by atoms with Crippen LogP contribution in [0.25, 0.3) is 78.4 Å². The molecular formula is C51H49N3O. The molecule has 0 spiro atoms. The number of aromatic nitrogens is 3. The summed E-state index contributed by atoms with van der Waals surface area (Å²) in [4.78, 5) is 15.0. The van der Waals surface area contributed by atoms with Gasteiger partial charge in [0.1, 0.15) is 11.2 Å². The van der Waals surface area contributed by atoms with Crippen LogP contribution in [0.2, 0.25) is 0 Å². The van der Waals surface area contributed by atoms with Crippen molar-refractivity contribution in [3.63, 3.8) is 0 Å². The van der Waals surface area contributed by atoms with Gasteiger partial charge in [-0.3, -0.25) is 0 Å². The Balaban J connectivity index is 1.26. The largest absolute Gasteiger partial charge is 0.455 e. The molecule has 2 heterocycles. The normalized spacial score (nSPS) is 12.5. The van der Waals surface area contributed by atoms with Gasteiger partial charge in [-0.05, 0) is 62.3 Å². The summed E-state index contributed by atoms with van der Waals surface area (Å²) in [5.74, 6) is 1.91. The fourth-order valence-corrected chi connectivity index (χ4v) is 7.21. The van der Waals surface area contributed by atoms with E-state index in [1.54, 1.807) is 0 Å². The van der Waals surface area contributed by atoms with Crippen molar-refractivity contribution in [3.05, 3.63) is 150 Å². The van der Waals surface area contributed by atoms with E-state index in [1.165, 1.54) is 27.6 Å². The van der Waals surface area contributed by atoms with Crippen molar-refractivity contribution in [2.45, 2.75) is 78.6 Å². The molecule has 0 atom stereocenters. The average molecular weight is 720 g/mol. The Hall–Kier alpha value is -5.87. The van der Waals surface area contributed by atoms with Gasteiger partial charge in [-0.15, -0.1) is 0 Å². The second kappa shape index (κ2) is 13.5. The zero-order chi connectivity index (χ0) is 38.7. The molecule has 0 amide bonds. The highest BCUT2D eigenvalue weighted by molar-refractivity contribution is 6.11. The second-order valence-electron chi connectivity index (χ2n) is 17.8. The fourth-order valence-electron chi connectivity index (χ4n) is 7.21. The highest BCUT2D eigenvalue weighted by atomic mass is 16.3. The van der Waals surface area contributed by atoms with Gasteiger partial charge in [0.15, 0.2) is 17.5 Å². The zero-order valence-electron chi connectivity index (χ0n) is 33.5. The lowest BCUT2D eigenvalue weighted by Gasteiger charge is -2.25. The first-order chi connectivity index (χ1) is 26.1. The summed E-state index contributed by atoms with van der Waals surface area (Å²) in [5, 5.41) is 2.34. The van der Waals surface area contributed by atoms with Crippen molar-refractivity contribution in [1.29, 1.82) is 0 Å². The molecule has 0 N–H and O–H groups in total. The van der Waals surface area contributed by atoms with Crippen molar-refractivity contribution in [3.8, 4) is 56.4 Å². The van der Waals surface area contributed by atoms with Crippen LogP contribution < -0.4 is 0 Å². The minimum absolute atomic E-state index is 0.00103. The maximum absolute atomic E-state index is 6.98. The molecule has 4 nitrogen and oxygen atoms in total. The first kappa shape index (κ1) is 36.1. The first-order valence-electron chi connectivity index (χ1n) is 19.3. The van der Waals surface area contributed by atoms with Crippen LogP contribution in [-0.2, 0) is 16.2 Å². The van der Waals surface area contributed by atoms with Crippen molar-refractivity contribution in [2.75, 3.05) is 0 Å². The van der Waals surface area contributed by atoms with E-state index in [1.807, 2.05) is 36.4 Å². The summed E-state index contributed by atoms with van der Waals surface area (Å²) < 4.78 is 6.98. The second-order valence-corrected chi connectivity index (χ2v) is 17.8. The van der Waals surface area contributed by atoms with Crippen molar-refractivity contribution >= 4 is 21.9 Å². The van der Waals surface area contributed by atoms with E-state index >= 15 is 0 Å². The number of furan rings is 1. The summed E-state index contributed by atoms with van der Waals surface area (Å²) in [7, 11) is 0. The lowest BCUT2D eigenvalue weighted by atomic mass is 9.79. The third-order valence-electron chi connectivity index (χ3n) is 10.6. The quantitative estimate of drug-likeness (QED) is 0.178. The van der Waals surface area contributed by atoms with Crippen LogP contribution >= 0.6 is 0 Å². The van der Waals surface area contributed by atoms with Crippen LogP contribution in [0.4, 0.5) is 0 Å². The molecular weight excluding hydrogens is 671 g/mol. The predicted octanol–water partition coefficient (Wildman–Crippen LogP) is 14.0. The molecule has 0 unspecified atom stereocenters. The average Bonchev–Trinajstić information content (AvgIpc) is 3.55. The number of nitrogens with zero attached hydrogens (tertiary/aromatic N) is 3. The molecule has 0 aliphatic rings. The van der Waals surface area contributed by atoms with Gasteiger partial charge in [-0.1, -0.05) is 178 Å². The Labute approximate surface area is 325 Å². The molecule has 0 bridgehead atoms.